The summed E-state index contributed by atoms with van der Waals surface area (Å²) in [5.41, 5.74) is 0. The number of nitrogens with one attached hydrogen (secondary N) is 1. The zero-order valence-electron chi connectivity index (χ0n) is 12.9. The van der Waals surface area contributed by atoms with E-state index in [2.05, 4.69) is 17.2 Å². The maximum atomic E-state index is 12.1. The summed E-state index contributed by atoms with van der Waals surface area (Å²) < 4.78 is 36.4. The summed E-state index contributed by atoms with van der Waals surface area (Å²) in [6, 6.07) is 0. The van der Waals surface area contributed by atoms with Gasteiger partial charge in [0.15, 0.2) is 5.96 Å². The van der Waals surface area contributed by atoms with E-state index >= 15 is 0 Å². The molecule has 0 aromatic rings. The first-order valence-corrected chi connectivity index (χ1v) is 6.97. The van der Waals surface area contributed by atoms with Gasteiger partial charge >= 0.3 is 6.18 Å². The van der Waals surface area contributed by atoms with Gasteiger partial charge in [0.1, 0.15) is 0 Å². The Kier molecular flexibility index (Phi) is 9.37. The number of hydrogen-bond donors (Lipinski definition) is 1. The van der Waals surface area contributed by atoms with Gasteiger partial charge in [-0.2, -0.15) is 13.2 Å². The fraction of sp³-hybridized carbons (Fsp3) is 0.923. The van der Waals surface area contributed by atoms with Crippen molar-refractivity contribution in [2.75, 3.05) is 47.3 Å². The van der Waals surface area contributed by atoms with E-state index in [0.29, 0.717) is 19.5 Å². The molecule has 4 nitrogen and oxygen atoms in total. The molecular formula is C13H27F3N4. The van der Waals surface area contributed by atoms with Crippen LogP contribution in [0, 0.1) is 0 Å². The van der Waals surface area contributed by atoms with E-state index in [-0.39, 0.29) is 0 Å². The van der Waals surface area contributed by atoms with E-state index < -0.39 is 12.7 Å². The molecule has 0 amide bonds. The van der Waals surface area contributed by atoms with Crippen LogP contribution in [0.5, 0.6) is 0 Å². The van der Waals surface area contributed by atoms with Gasteiger partial charge in [0.25, 0.3) is 0 Å². The fourth-order valence-corrected chi connectivity index (χ4v) is 1.82. The molecule has 0 aliphatic carbocycles. The molecule has 0 radical (unpaired) electrons. The largest absolute Gasteiger partial charge is 0.401 e. The quantitative estimate of drug-likeness (QED) is 0.423. The predicted octanol–water partition coefficient (Wildman–Crippen LogP) is 2.18. The van der Waals surface area contributed by atoms with Gasteiger partial charge in [-0.15, -0.1) is 0 Å². The zero-order valence-corrected chi connectivity index (χ0v) is 12.9. The van der Waals surface area contributed by atoms with Gasteiger partial charge in [-0.1, -0.05) is 13.3 Å². The summed E-state index contributed by atoms with van der Waals surface area (Å²) in [5, 5.41) is 3.16. The Morgan fingerprint density at radius 1 is 1.15 bits per heavy atom. The summed E-state index contributed by atoms with van der Waals surface area (Å²) in [6.45, 7) is 3.20. The lowest BCUT2D eigenvalue weighted by Gasteiger charge is -2.23. The van der Waals surface area contributed by atoms with Gasteiger partial charge < -0.3 is 10.2 Å². The van der Waals surface area contributed by atoms with Gasteiger partial charge in [0.2, 0.25) is 0 Å². The van der Waals surface area contributed by atoms with Crippen molar-refractivity contribution in [2.45, 2.75) is 32.4 Å². The summed E-state index contributed by atoms with van der Waals surface area (Å²) >= 11 is 0. The summed E-state index contributed by atoms with van der Waals surface area (Å²) in [5.74, 6) is 0.789. The molecule has 0 atom stereocenters. The SMILES string of the molecule is CCCCN(C)C(=NC)NCCCN(C)CC(F)(F)F. The standard InChI is InChI=1S/C13H27F3N4/c1-5-6-10-20(4)12(17-2)18-8-7-9-19(3)11-13(14,15)16/h5-11H2,1-4H3,(H,17,18). The van der Waals surface area contributed by atoms with Crippen molar-refractivity contribution < 1.29 is 13.2 Å². The number of alkyl halides is 3. The van der Waals surface area contributed by atoms with Crippen molar-refractivity contribution in [2.24, 2.45) is 4.99 Å². The molecule has 0 aromatic carbocycles. The maximum Gasteiger partial charge on any atom is 0.401 e. The average molecular weight is 296 g/mol. The Labute approximate surface area is 120 Å². The molecule has 0 rings (SSSR count). The maximum absolute atomic E-state index is 12.1. The van der Waals surface area contributed by atoms with Crippen LogP contribution >= 0.6 is 0 Å². The molecule has 0 aliphatic heterocycles. The molecule has 0 fully saturated rings. The van der Waals surface area contributed by atoms with Crippen LogP contribution in [0.1, 0.15) is 26.2 Å². The molecule has 0 spiro atoms. The first-order chi connectivity index (χ1) is 9.30. The van der Waals surface area contributed by atoms with Crippen molar-refractivity contribution in [1.29, 1.82) is 0 Å². The van der Waals surface area contributed by atoms with E-state index in [9.17, 15) is 13.2 Å². The fourth-order valence-electron chi connectivity index (χ4n) is 1.82. The highest BCUT2D eigenvalue weighted by atomic mass is 19.4. The first-order valence-electron chi connectivity index (χ1n) is 6.97. The van der Waals surface area contributed by atoms with Crippen molar-refractivity contribution in [3.8, 4) is 0 Å². The second kappa shape index (κ2) is 9.85. The van der Waals surface area contributed by atoms with Gasteiger partial charge in [-0.3, -0.25) is 9.89 Å². The molecule has 0 aromatic heterocycles. The Hall–Kier alpha value is -0.980. The van der Waals surface area contributed by atoms with Gasteiger partial charge in [0, 0.05) is 27.2 Å². The smallest absolute Gasteiger partial charge is 0.356 e. The Morgan fingerprint density at radius 3 is 2.30 bits per heavy atom. The first kappa shape index (κ1) is 19.0. The molecule has 0 unspecified atom stereocenters. The molecule has 0 saturated carbocycles. The number of rotatable bonds is 8. The topological polar surface area (TPSA) is 30.9 Å². The van der Waals surface area contributed by atoms with Crippen LogP contribution in [0.25, 0.3) is 0 Å². The van der Waals surface area contributed by atoms with Crippen LogP contribution in [-0.4, -0.2) is 69.3 Å². The minimum Gasteiger partial charge on any atom is -0.356 e. The minimum atomic E-state index is -4.13. The summed E-state index contributed by atoms with van der Waals surface area (Å²) in [6.07, 6.45) is -1.28. The van der Waals surface area contributed by atoms with Gasteiger partial charge in [-0.05, 0) is 26.4 Å². The third-order valence-electron chi connectivity index (χ3n) is 2.87. The monoisotopic (exact) mass is 296 g/mol. The molecule has 0 saturated heterocycles. The Bertz CT molecular complexity index is 279. The second-order valence-electron chi connectivity index (χ2n) is 4.96. The number of halogens is 3. The van der Waals surface area contributed by atoms with E-state index in [4.69, 9.17) is 0 Å². The van der Waals surface area contributed by atoms with E-state index in [1.165, 1.54) is 11.9 Å². The molecule has 0 aliphatic rings. The summed E-state index contributed by atoms with van der Waals surface area (Å²) in [7, 11) is 5.15. The van der Waals surface area contributed by atoms with Crippen molar-refractivity contribution in [3.63, 3.8) is 0 Å². The number of aliphatic imine (C=N–C) groups is 1. The molecule has 0 heterocycles. The number of nitrogens with zero attached hydrogens (tertiary/aromatic N) is 3. The number of guanidine groups is 1. The molecule has 20 heavy (non-hydrogen) atoms. The van der Waals surface area contributed by atoms with Crippen LogP contribution in [0.3, 0.4) is 0 Å². The van der Waals surface area contributed by atoms with Crippen LogP contribution in [0.15, 0.2) is 4.99 Å². The molecular weight excluding hydrogens is 269 g/mol. The highest BCUT2D eigenvalue weighted by molar-refractivity contribution is 5.79. The lowest BCUT2D eigenvalue weighted by molar-refractivity contribution is -0.143. The third-order valence-corrected chi connectivity index (χ3v) is 2.87. The van der Waals surface area contributed by atoms with Crippen molar-refractivity contribution >= 4 is 5.96 Å². The highest BCUT2D eigenvalue weighted by Crippen LogP contribution is 2.15. The van der Waals surface area contributed by atoms with Crippen LogP contribution < -0.4 is 5.32 Å². The average Bonchev–Trinajstić information content (AvgIpc) is 2.34. The van der Waals surface area contributed by atoms with Gasteiger partial charge in [0.05, 0.1) is 6.54 Å². The summed E-state index contributed by atoms with van der Waals surface area (Å²) in [4.78, 5) is 7.47. The Balaban J connectivity index is 3.86. The number of hydrogen-bond acceptors (Lipinski definition) is 2. The highest BCUT2D eigenvalue weighted by Gasteiger charge is 2.28. The lowest BCUT2D eigenvalue weighted by atomic mass is 10.3. The predicted molar refractivity (Wildman–Crippen MR) is 77.1 cm³/mol. The third kappa shape index (κ3) is 9.89. The molecule has 120 valence electrons. The minimum absolute atomic E-state index is 0.405. The Morgan fingerprint density at radius 2 is 1.80 bits per heavy atom. The number of unbranched alkanes of at least 4 members (excludes halogenated alkanes) is 1. The molecule has 0 bridgehead atoms. The van der Waals surface area contributed by atoms with E-state index in [1.807, 2.05) is 11.9 Å². The van der Waals surface area contributed by atoms with Gasteiger partial charge in [-0.25, -0.2) is 0 Å². The van der Waals surface area contributed by atoms with Crippen molar-refractivity contribution in [3.05, 3.63) is 0 Å². The van der Waals surface area contributed by atoms with E-state index in [0.717, 1.165) is 25.3 Å². The zero-order chi connectivity index (χ0) is 15.6. The van der Waals surface area contributed by atoms with Crippen LogP contribution in [0.2, 0.25) is 0 Å². The van der Waals surface area contributed by atoms with Crippen molar-refractivity contribution in [1.82, 2.24) is 15.1 Å². The van der Waals surface area contributed by atoms with Crippen LogP contribution in [0.4, 0.5) is 13.2 Å². The lowest BCUT2D eigenvalue weighted by Crippen LogP contribution is -2.40. The molecule has 7 heteroatoms. The second-order valence-corrected chi connectivity index (χ2v) is 4.96. The van der Waals surface area contributed by atoms with Crippen LogP contribution in [-0.2, 0) is 0 Å². The molecule has 1 N–H and O–H groups in total. The normalized spacial score (nSPS) is 12.9. The van der Waals surface area contributed by atoms with E-state index in [1.54, 1.807) is 7.05 Å².